The Morgan fingerprint density at radius 2 is 1.96 bits per heavy atom. The molecule has 0 spiro atoms. The number of halogens is 5. The molecule has 0 aliphatic rings. The van der Waals surface area contributed by atoms with Gasteiger partial charge in [-0.25, -0.2) is 9.18 Å². The van der Waals surface area contributed by atoms with E-state index in [-0.39, 0.29) is 5.88 Å². The minimum Gasteiger partial charge on any atom is -0.477 e. The van der Waals surface area contributed by atoms with Crippen LogP contribution in [0.15, 0.2) is 6.07 Å². The molecule has 0 saturated heterocycles. The minimum absolute atomic E-state index is 0.355. The molecule has 5 nitrogen and oxygen atoms in total. The fourth-order valence-corrected chi connectivity index (χ4v) is 1.51. The average Bonchev–Trinajstić information content (AvgIpc) is 2.31. The second-order valence-electron chi connectivity index (χ2n) is 5.45. The lowest BCUT2D eigenvalue weighted by Gasteiger charge is -2.20. The highest BCUT2D eigenvalue weighted by molar-refractivity contribution is 6.30. The molecule has 1 aromatic heterocycles. The van der Waals surface area contributed by atoms with Crippen LogP contribution in [0.3, 0.4) is 0 Å². The number of nitrogens with one attached hydrogen (secondary N) is 1. The van der Waals surface area contributed by atoms with Crippen LogP contribution in [0.1, 0.15) is 27.2 Å². The SMILES string of the molecule is CC(C)(C)OC(=O)Nc1cc(OCCC(F)(F)F)nc(Cl)c1F. The van der Waals surface area contributed by atoms with Gasteiger partial charge in [0, 0.05) is 6.07 Å². The van der Waals surface area contributed by atoms with Gasteiger partial charge in [0.25, 0.3) is 0 Å². The largest absolute Gasteiger partial charge is 0.477 e. The molecule has 10 heteroatoms. The summed E-state index contributed by atoms with van der Waals surface area (Å²) >= 11 is 5.52. The van der Waals surface area contributed by atoms with Crippen molar-refractivity contribution in [3.63, 3.8) is 0 Å². The van der Waals surface area contributed by atoms with Crippen molar-refractivity contribution in [2.24, 2.45) is 0 Å². The van der Waals surface area contributed by atoms with Crippen LogP contribution in [0.2, 0.25) is 5.15 Å². The fraction of sp³-hybridized carbons (Fsp3) is 0.538. The van der Waals surface area contributed by atoms with Crippen molar-refractivity contribution in [3.05, 3.63) is 17.0 Å². The molecule has 0 unspecified atom stereocenters. The van der Waals surface area contributed by atoms with E-state index in [1.807, 2.05) is 0 Å². The smallest absolute Gasteiger partial charge is 0.412 e. The normalized spacial score (nSPS) is 12.0. The third kappa shape index (κ3) is 7.36. The highest BCUT2D eigenvalue weighted by Crippen LogP contribution is 2.27. The van der Waals surface area contributed by atoms with E-state index >= 15 is 0 Å². The quantitative estimate of drug-likeness (QED) is 0.633. The summed E-state index contributed by atoms with van der Waals surface area (Å²) in [6.07, 6.45) is -6.57. The van der Waals surface area contributed by atoms with E-state index in [0.29, 0.717) is 0 Å². The number of carbonyl (C=O) groups excluding carboxylic acids is 1. The van der Waals surface area contributed by atoms with Gasteiger partial charge >= 0.3 is 12.3 Å². The molecule has 0 fully saturated rings. The molecule has 1 N–H and O–H groups in total. The Hall–Kier alpha value is -1.77. The number of aromatic nitrogens is 1. The number of carbonyl (C=O) groups is 1. The third-order valence-corrected chi connectivity index (χ3v) is 2.42. The Labute approximate surface area is 134 Å². The summed E-state index contributed by atoms with van der Waals surface area (Å²) in [5, 5.41) is 1.44. The zero-order valence-electron chi connectivity index (χ0n) is 12.6. The Morgan fingerprint density at radius 1 is 1.35 bits per heavy atom. The molecule has 0 radical (unpaired) electrons. The molecule has 0 aliphatic carbocycles. The maximum absolute atomic E-state index is 13.8. The summed E-state index contributed by atoms with van der Waals surface area (Å²) in [7, 11) is 0. The molecule has 0 aromatic carbocycles. The summed E-state index contributed by atoms with van der Waals surface area (Å²) in [6.45, 7) is 4.10. The van der Waals surface area contributed by atoms with Gasteiger partial charge in [0.2, 0.25) is 5.88 Å². The molecule has 0 atom stereocenters. The van der Waals surface area contributed by atoms with Crippen LogP contribution < -0.4 is 10.1 Å². The Bertz CT molecular complexity index is 574. The molecular weight excluding hydrogens is 344 g/mol. The van der Waals surface area contributed by atoms with Crippen molar-refractivity contribution < 1.29 is 31.8 Å². The molecule has 0 aliphatic heterocycles. The second-order valence-corrected chi connectivity index (χ2v) is 5.81. The van der Waals surface area contributed by atoms with Crippen molar-refractivity contribution in [3.8, 4) is 5.88 Å². The maximum Gasteiger partial charge on any atom is 0.412 e. The molecule has 1 aromatic rings. The number of hydrogen-bond donors (Lipinski definition) is 1. The van der Waals surface area contributed by atoms with Gasteiger partial charge in [-0.1, -0.05) is 11.6 Å². The summed E-state index contributed by atoms with van der Waals surface area (Å²) in [6, 6.07) is 0.918. The van der Waals surface area contributed by atoms with Crippen LogP contribution in [0.4, 0.5) is 28.0 Å². The van der Waals surface area contributed by atoms with E-state index < -0.39 is 47.6 Å². The number of pyridine rings is 1. The fourth-order valence-electron chi connectivity index (χ4n) is 1.33. The van der Waals surface area contributed by atoms with Crippen molar-refractivity contribution in [2.75, 3.05) is 11.9 Å². The van der Waals surface area contributed by atoms with Gasteiger partial charge in [0.1, 0.15) is 5.60 Å². The van der Waals surface area contributed by atoms with Gasteiger partial charge in [0.15, 0.2) is 11.0 Å². The van der Waals surface area contributed by atoms with Crippen LogP contribution in [-0.4, -0.2) is 29.5 Å². The first-order valence-corrected chi connectivity index (χ1v) is 6.81. The lowest BCUT2D eigenvalue weighted by molar-refractivity contribution is -0.139. The zero-order chi connectivity index (χ0) is 17.8. The van der Waals surface area contributed by atoms with Crippen molar-refractivity contribution in [1.82, 2.24) is 4.98 Å². The summed E-state index contributed by atoms with van der Waals surface area (Å²) < 4.78 is 59.6. The van der Waals surface area contributed by atoms with E-state index in [1.54, 1.807) is 20.8 Å². The summed E-state index contributed by atoms with van der Waals surface area (Å²) in [4.78, 5) is 15.0. The van der Waals surface area contributed by atoms with Gasteiger partial charge in [-0.3, -0.25) is 5.32 Å². The van der Waals surface area contributed by atoms with Gasteiger partial charge in [-0.15, -0.1) is 0 Å². The van der Waals surface area contributed by atoms with Crippen molar-refractivity contribution in [2.45, 2.75) is 39.0 Å². The second kappa shape index (κ2) is 7.20. The first kappa shape index (κ1) is 19.3. The van der Waals surface area contributed by atoms with E-state index in [0.717, 1.165) is 6.07 Å². The molecule has 130 valence electrons. The number of hydrogen-bond acceptors (Lipinski definition) is 4. The van der Waals surface area contributed by atoms with Crippen LogP contribution in [0, 0.1) is 5.82 Å². The summed E-state index contributed by atoms with van der Waals surface area (Å²) in [5.74, 6) is -1.41. The van der Waals surface area contributed by atoms with E-state index in [1.165, 1.54) is 0 Å². The van der Waals surface area contributed by atoms with E-state index in [2.05, 4.69) is 10.3 Å². The molecular formula is C13H15ClF4N2O3. The molecule has 0 bridgehead atoms. The number of amides is 1. The zero-order valence-corrected chi connectivity index (χ0v) is 13.3. The monoisotopic (exact) mass is 358 g/mol. The molecule has 23 heavy (non-hydrogen) atoms. The van der Waals surface area contributed by atoms with Crippen molar-refractivity contribution in [1.29, 1.82) is 0 Å². The number of nitrogens with zero attached hydrogens (tertiary/aromatic N) is 1. The molecule has 0 saturated carbocycles. The van der Waals surface area contributed by atoms with Gasteiger partial charge < -0.3 is 9.47 Å². The van der Waals surface area contributed by atoms with Gasteiger partial charge in [-0.05, 0) is 20.8 Å². The predicted molar refractivity (Wildman–Crippen MR) is 75.2 cm³/mol. The van der Waals surface area contributed by atoms with E-state index in [9.17, 15) is 22.4 Å². The first-order chi connectivity index (χ1) is 10.4. The Balaban J connectivity index is 2.81. The van der Waals surface area contributed by atoms with E-state index in [4.69, 9.17) is 21.1 Å². The highest BCUT2D eigenvalue weighted by atomic mass is 35.5. The number of ether oxygens (including phenoxy) is 2. The number of rotatable bonds is 4. The van der Waals surface area contributed by atoms with Crippen LogP contribution in [-0.2, 0) is 4.74 Å². The van der Waals surface area contributed by atoms with Gasteiger partial charge in [0.05, 0.1) is 18.7 Å². The van der Waals surface area contributed by atoms with Crippen LogP contribution in [0.5, 0.6) is 5.88 Å². The first-order valence-electron chi connectivity index (χ1n) is 6.43. The highest BCUT2D eigenvalue weighted by Gasteiger charge is 2.27. The molecule has 1 heterocycles. The molecule has 1 amide bonds. The van der Waals surface area contributed by atoms with Crippen LogP contribution >= 0.6 is 11.6 Å². The topological polar surface area (TPSA) is 60.5 Å². The summed E-state index contributed by atoms with van der Waals surface area (Å²) in [5.41, 5.74) is -1.23. The minimum atomic E-state index is -4.40. The standard InChI is InChI=1S/C13H15ClF4N2O3/c1-12(2,3)23-11(21)19-7-6-8(20-10(14)9(7)15)22-5-4-13(16,17)18/h6H,4-5H2,1-3H3,(H,19,20,21). The predicted octanol–water partition coefficient (Wildman–Crippen LogP) is 4.55. The van der Waals surface area contributed by atoms with Crippen LogP contribution in [0.25, 0.3) is 0 Å². The molecule has 1 rings (SSSR count). The Kier molecular flexibility index (Phi) is 6.04. The third-order valence-electron chi connectivity index (χ3n) is 2.16. The Morgan fingerprint density at radius 3 is 2.48 bits per heavy atom. The average molecular weight is 359 g/mol. The lowest BCUT2D eigenvalue weighted by atomic mass is 10.2. The van der Waals surface area contributed by atoms with Gasteiger partial charge in [-0.2, -0.15) is 18.2 Å². The van der Waals surface area contributed by atoms with Crippen molar-refractivity contribution >= 4 is 23.4 Å². The maximum atomic E-state index is 13.8. The number of alkyl halides is 3. The number of anilines is 1. The lowest BCUT2D eigenvalue weighted by Crippen LogP contribution is -2.27.